The minimum atomic E-state index is -0.632. The molecule has 0 spiro atoms. The van der Waals surface area contributed by atoms with Crippen molar-refractivity contribution < 1.29 is 15.2 Å². The number of methoxy groups -OCH3 is 1. The molecule has 8 heteroatoms. The Morgan fingerprint density at radius 3 is 2.74 bits per heavy atom. The number of benzene rings is 2. The second-order valence-corrected chi connectivity index (χ2v) is 7.75. The molecule has 0 fully saturated rings. The summed E-state index contributed by atoms with van der Waals surface area (Å²) in [4.78, 5) is 31.1. The van der Waals surface area contributed by atoms with Gasteiger partial charge in [0, 0.05) is 17.3 Å². The minimum Gasteiger partial charge on any atom is -0.497 e. The third-order valence-corrected chi connectivity index (χ3v) is 5.96. The Labute approximate surface area is 177 Å². The monoisotopic (exact) mass is 419 g/mol. The highest BCUT2D eigenvalue weighted by molar-refractivity contribution is 5.86. The highest BCUT2D eigenvalue weighted by atomic mass is 16.5. The normalized spacial score (nSPS) is 15.7. The average molecular weight is 419 g/mol. The van der Waals surface area contributed by atoms with E-state index in [0.717, 1.165) is 46.4 Å². The SMILES string of the molecule is COc1ccc2[nH]c3c(c2c1)CC[NH2+][C@H]3c1c(O)n(Cc2ccccc2)c(=O)[nH]c1=O. The molecule has 1 atom stereocenters. The molecule has 0 amide bonds. The molecule has 3 heterocycles. The zero-order chi connectivity index (χ0) is 21.5. The Balaban J connectivity index is 1.66. The fourth-order valence-electron chi connectivity index (χ4n) is 4.45. The quantitative estimate of drug-likeness (QED) is 0.395. The molecule has 1 aliphatic heterocycles. The van der Waals surface area contributed by atoms with Gasteiger partial charge in [-0.25, -0.2) is 4.79 Å². The minimum absolute atomic E-state index is 0.165. The fraction of sp³-hybridized carbons (Fsp3) is 0.217. The van der Waals surface area contributed by atoms with Gasteiger partial charge < -0.3 is 20.1 Å². The molecule has 2 aromatic heterocycles. The number of aromatic hydroxyl groups is 1. The van der Waals surface area contributed by atoms with Gasteiger partial charge in [0.2, 0.25) is 5.88 Å². The second-order valence-electron chi connectivity index (χ2n) is 7.75. The maximum Gasteiger partial charge on any atom is 0.331 e. The first-order valence-electron chi connectivity index (χ1n) is 10.2. The van der Waals surface area contributed by atoms with Crippen LogP contribution in [0.5, 0.6) is 11.6 Å². The Kier molecular flexibility index (Phi) is 4.63. The number of ether oxygens (including phenoxy) is 1. The summed E-state index contributed by atoms with van der Waals surface area (Å²) in [6.07, 6.45) is 0.821. The van der Waals surface area contributed by atoms with Crippen molar-refractivity contribution >= 4 is 10.9 Å². The maximum atomic E-state index is 12.8. The van der Waals surface area contributed by atoms with E-state index in [9.17, 15) is 14.7 Å². The van der Waals surface area contributed by atoms with Gasteiger partial charge in [-0.3, -0.25) is 14.3 Å². The number of aromatic nitrogens is 3. The van der Waals surface area contributed by atoms with E-state index in [1.165, 1.54) is 4.57 Å². The highest BCUT2D eigenvalue weighted by Gasteiger charge is 2.34. The van der Waals surface area contributed by atoms with Gasteiger partial charge in [-0.2, -0.15) is 0 Å². The van der Waals surface area contributed by atoms with Crippen molar-refractivity contribution in [1.29, 1.82) is 0 Å². The summed E-state index contributed by atoms with van der Waals surface area (Å²) in [7, 11) is 1.63. The van der Waals surface area contributed by atoms with E-state index in [0.29, 0.717) is 0 Å². The summed E-state index contributed by atoms with van der Waals surface area (Å²) in [6.45, 7) is 0.914. The van der Waals surface area contributed by atoms with Gasteiger partial charge in [-0.05, 0) is 29.3 Å². The van der Waals surface area contributed by atoms with E-state index in [1.54, 1.807) is 7.11 Å². The van der Waals surface area contributed by atoms with E-state index in [4.69, 9.17) is 4.74 Å². The van der Waals surface area contributed by atoms with Crippen LogP contribution in [0.15, 0.2) is 58.1 Å². The highest BCUT2D eigenvalue weighted by Crippen LogP contribution is 2.33. The van der Waals surface area contributed by atoms with Gasteiger partial charge in [-0.1, -0.05) is 30.3 Å². The predicted molar refractivity (Wildman–Crippen MR) is 116 cm³/mol. The third kappa shape index (κ3) is 3.21. The van der Waals surface area contributed by atoms with Crippen molar-refractivity contribution in [3.05, 3.63) is 91.8 Å². The lowest BCUT2D eigenvalue weighted by atomic mass is 9.95. The van der Waals surface area contributed by atoms with Gasteiger partial charge >= 0.3 is 5.69 Å². The molecule has 0 saturated carbocycles. The average Bonchev–Trinajstić information content (AvgIpc) is 3.16. The molecule has 8 nitrogen and oxygen atoms in total. The lowest BCUT2D eigenvalue weighted by Gasteiger charge is -2.22. The van der Waals surface area contributed by atoms with Crippen LogP contribution in [0, 0.1) is 0 Å². The van der Waals surface area contributed by atoms with Crippen molar-refractivity contribution in [1.82, 2.24) is 14.5 Å². The molecule has 5 N–H and O–H groups in total. The molecule has 31 heavy (non-hydrogen) atoms. The number of aromatic amines is 2. The Hall–Kier alpha value is -3.78. The number of nitrogens with two attached hydrogens (primary N) is 1. The zero-order valence-corrected chi connectivity index (χ0v) is 17.0. The lowest BCUT2D eigenvalue weighted by molar-refractivity contribution is -0.690. The molecule has 4 aromatic rings. The van der Waals surface area contributed by atoms with Gasteiger partial charge in [0.15, 0.2) is 6.04 Å². The first-order chi connectivity index (χ1) is 15.1. The van der Waals surface area contributed by atoms with Gasteiger partial charge in [0.25, 0.3) is 5.56 Å². The first kappa shape index (κ1) is 19.2. The number of quaternary nitrogens is 1. The predicted octanol–water partition coefficient (Wildman–Crippen LogP) is 0.989. The summed E-state index contributed by atoms with van der Waals surface area (Å²) in [5, 5.41) is 14.1. The summed E-state index contributed by atoms with van der Waals surface area (Å²) in [6, 6.07) is 14.7. The molecule has 5 rings (SSSR count). The molecule has 1 aliphatic rings. The maximum absolute atomic E-state index is 12.8. The van der Waals surface area contributed by atoms with E-state index < -0.39 is 17.3 Å². The number of nitrogens with zero attached hydrogens (tertiary/aromatic N) is 1. The fourth-order valence-corrected chi connectivity index (χ4v) is 4.45. The summed E-state index contributed by atoms with van der Waals surface area (Å²) in [5.41, 5.74) is 2.73. The summed E-state index contributed by atoms with van der Waals surface area (Å²) in [5.74, 6) is 0.459. The lowest BCUT2D eigenvalue weighted by Crippen LogP contribution is -2.87. The smallest absolute Gasteiger partial charge is 0.331 e. The Morgan fingerprint density at radius 2 is 1.97 bits per heavy atom. The van der Waals surface area contributed by atoms with E-state index in [1.807, 2.05) is 53.8 Å². The summed E-state index contributed by atoms with van der Waals surface area (Å²) >= 11 is 0. The molecular formula is C23H23N4O4+. The number of nitrogens with one attached hydrogen (secondary N) is 2. The van der Waals surface area contributed by atoms with E-state index in [2.05, 4.69) is 9.97 Å². The number of hydrogen-bond acceptors (Lipinski definition) is 4. The van der Waals surface area contributed by atoms with Crippen molar-refractivity contribution in [3.8, 4) is 11.6 Å². The van der Waals surface area contributed by atoms with Crippen LogP contribution in [-0.2, 0) is 13.0 Å². The van der Waals surface area contributed by atoms with Gasteiger partial charge in [0.05, 0.1) is 25.9 Å². The van der Waals surface area contributed by atoms with Crippen LogP contribution in [0.25, 0.3) is 10.9 Å². The van der Waals surface area contributed by atoms with Crippen molar-refractivity contribution in [2.24, 2.45) is 0 Å². The number of H-pyrrole nitrogens is 2. The molecule has 0 radical (unpaired) electrons. The number of rotatable bonds is 4. The Morgan fingerprint density at radius 1 is 1.16 bits per heavy atom. The van der Waals surface area contributed by atoms with Gasteiger partial charge in [-0.15, -0.1) is 0 Å². The number of hydrogen-bond donors (Lipinski definition) is 4. The van der Waals surface area contributed by atoms with Crippen LogP contribution in [0.4, 0.5) is 0 Å². The molecular weight excluding hydrogens is 396 g/mol. The van der Waals surface area contributed by atoms with Crippen LogP contribution in [0.1, 0.15) is 28.4 Å². The van der Waals surface area contributed by atoms with Crippen LogP contribution in [0.2, 0.25) is 0 Å². The number of fused-ring (bicyclic) bond motifs is 3. The van der Waals surface area contributed by atoms with Crippen molar-refractivity contribution in [2.75, 3.05) is 13.7 Å². The topological polar surface area (TPSA) is 117 Å². The van der Waals surface area contributed by atoms with E-state index >= 15 is 0 Å². The van der Waals surface area contributed by atoms with Crippen LogP contribution >= 0.6 is 0 Å². The first-order valence-corrected chi connectivity index (χ1v) is 10.2. The summed E-state index contributed by atoms with van der Waals surface area (Å²) < 4.78 is 6.57. The molecule has 0 unspecified atom stereocenters. The van der Waals surface area contributed by atoms with Crippen LogP contribution < -0.4 is 21.3 Å². The molecule has 158 valence electrons. The standard InChI is InChI=1S/C23H22N4O4/c1-31-14-7-8-17-16(11-14)15-9-10-24-20(19(15)25-17)18-21(28)26-23(30)27(22(18)29)12-13-5-3-2-4-6-13/h2-8,11,20,24-25,29H,9-10,12H2,1H3,(H,26,28,30)/p+1/t20-/m0/s1. The van der Waals surface area contributed by atoms with Crippen LogP contribution in [0.3, 0.4) is 0 Å². The van der Waals surface area contributed by atoms with Crippen LogP contribution in [-0.4, -0.2) is 33.3 Å². The molecule has 0 saturated heterocycles. The van der Waals surface area contributed by atoms with Gasteiger partial charge in [0.1, 0.15) is 11.3 Å². The Bertz CT molecular complexity index is 1380. The largest absolute Gasteiger partial charge is 0.497 e. The second kappa shape index (κ2) is 7.48. The van der Waals surface area contributed by atoms with Crippen molar-refractivity contribution in [2.45, 2.75) is 19.0 Å². The molecule has 0 bridgehead atoms. The third-order valence-electron chi connectivity index (χ3n) is 5.96. The molecule has 0 aliphatic carbocycles. The molecule has 2 aromatic carbocycles. The van der Waals surface area contributed by atoms with E-state index in [-0.39, 0.29) is 18.0 Å². The zero-order valence-electron chi connectivity index (χ0n) is 17.0. The van der Waals surface area contributed by atoms with Crippen molar-refractivity contribution in [3.63, 3.8) is 0 Å².